The molecule has 0 saturated heterocycles. The van der Waals surface area contributed by atoms with Gasteiger partial charge in [0.1, 0.15) is 18.4 Å². The summed E-state index contributed by atoms with van der Waals surface area (Å²) in [7, 11) is 1.65. The third-order valence-electron chi connectivity index (χ3n) is 4.00. The first-order valence-electron chi connectivity index (χ1n) is 8.81. The van der Waals surface area contributed by atoms with E-state index in [0.29, 0.717) is 42.3 Å². The van der Waals surface area contributed by atoms with E-state index < -0.39 is 0 Å². The van der Waals surface area contributed by atoms with Gasteiger partial charge in [-0.3, -0.25) is 0 Å². The zero-order chi connectivity index (χ0) is 19.8. The maximum absolute atomic E-state index is 9.26. The van der Waals surface area contributed by atoms with Crippen molar-refractivity contribution >= 4 is 17.5 Å². The van der Waals surface area contributed by atoms with Crippen LogP contribution in [-0.2, 0) is 11.3 Å². The molecule has 1 N–H and O–H groups in total. The number of hydrogen-bond donors (Lipinski definition) is 1. The number of halogens is 1. The summed E-state index contributed by atoms with van der Waals surface area (Å²) in [5.41, 5.74) is 1.90. The number of oxazole rings is 1. The van der Waals surface area contributed by atoms with Crippen LogP contribution in [0.1, 0.15) is 17.7 Å². The minimum atomic E-state index is 0.228. The van der Waals surface area contributed by atoms with E-state index in [9.17, 15) is 5.26 Å². The standard InChI is InChI=1S/C21H20ClN3O3/c1-26-12-4-11-24-21-19(13-23)25-20(28-21)15-7-9-17(10-8-15)27-14-16-5-2-3-6-18(16)22/h2-3,5-10,24H,4,11-12,14H2,1H3. The first-order valence-corrected chi connectivity index (χ1v) is 9.19. The normalized spacial score (nSPS) is 10.5. The van der Waals surface area contributed by atoms with Crippen molar-refractivity contribution in [3.63, 3.8) is 0 Å². The van der Waals surface area contributed by atoms with Crippen LogP contribution in [0.25, 0.3) is 11.5 Å². The number of benzene rings is 2. The van der Waals surface area contributed by atoms with Gasteiger partial charge in [0.05, 0.1) is 0 Å². The molecule has 0 fully saturated rings. The number of aromatic nitrogens is 1. The van der Waals surface area contributed by atoms with Gasteiger partial charge in [-0.1, -0.05) is 29.8 Å². The summed E-state index contributed by atoms with van der Waals surface area (Å²) in [6.45, 7) is 1.64. The number of anilines is 1. The predicted octanol–water partition coefficient (Wildman–Crippen LogP) is 4.89. The average Bonchev–Trinajstić information content (AvgIpc) is 3.14. The Morgan fingerprint density at radius 2 is 1.96 bits per heavy atom. The molecular formula is C21H20ClN3O3. The molecule has 0 aliphatic carbocycles. The number of methoxy groups -OCH3 is 1. The van der Waals surface area contributed by atoms with Crippen molar-refractivity contribution in [3.05, 3.63) is 64.8 Å². The van der Waals surface area contributed by atoms with E-state index in [1.807, 2.05) is 54.6 Å². The Morgan fingerprint density at radius 1 is 1.18 bits per heavy atom. The third-order valence-corrected chi connectivity index (χ3v) is 4.37. The van der Waals surface area contributed by atoms with Crippen LogP contribution in [0.3, 0.4) is 0 Å². The zero-order valence-electron chi connectivity index (χ0n) is 15.4. The highest BCUT2D eigenvalue weighted by molar-refractivity contribution is 6.31. The summed E-state index contributed by atoms with van der Waals surface area (Å²) < 4.78 is 16.5. The molecule has 0 unspecified atom stereocenters. The Hall–Kier alpha value is -3.01. The van der Waals surface area contributed by atoms with E-state index in [-0.39, 0.29) is 5.69 Å². The molecule has 2 aromatic carbocycles. The van der Waals surface area contributed by atoms with E-state index >= 15 is 0 Å². The van der Waals surface area contributed by atoms with E-state index in [1.165, 1.54) is 0 Å². The largest absolute Gasteiger partial charge is 0.489 e. The van der Waals surface area contributed by atoms with Gasteiger partial charge in [-0.05, 0) is 36.8 Å². The lowest BCUT2D eigenvalue weighted by Gasteiger charge is -2.08. The van der Waals surface area contributed by atoms with Crippen molar-refractivity contribution in [2.45, 2.75) is 13.0 Å². The van der Waals surface area contributed by atoms with Crippen molar-refractivity contribution < 1.29 is 13.9 Å². The van der Waals surface area contributed by atoms with Crippen LogP contribution in [0.15, 0.2) is 52.9 Å². The van der Waals surface area contributed by atoms with Gasteiger partial charge in [-0.15, -0.1) is 0 Å². The quantitative estimate of drug-likeness (QED) is 0.517. The van der Waals surface area contributed by atoms with E-state index in [0.717, 1.165) is 17.5 Å². The van der Waals surface area contributed by atoms with Crippen molar-refractivity contribution in [2.24, 2.45) is 0 Å². The Bertz CT molecular complexity index is 948. The van der Waals surface area contributed by atoms with Gasteiger partial charge in [-0.25, -0.2) is 0 Å². The van der Waals surface area contributed by atoms with E-state index in [2.05, 4.69) is 10.3 Å². The third kappa shape index (κ3) is 5.03. The van der Waals surface area contributed by atoms with E-state index in [1.54, 1.807) is 7.11 Å². The Labute approximate surface area is 168 Å². The van der Waals surface area contributed by atoms with Crippen LogP contribution in [0.4, 0.5) is 5.88 Å². The minimum absolute atomic E-state index is 0.228. The van der Waals surface area contributed by atoms with Gasteiger partial charge in [0.2, 0.25) is 17.5 Å². The van der Waals surface area contributed by atoms with Gasteiger partial charge < -0.3 is 19.2 Å². The maximum atomic E-state index is 9.26. The molecule has 0 atom stereocenters. The molecule has 7 heteroatoms. The fourth-order valence-corrected chi connectivity index (χ4v) is 2.72. The number of nitrogens with zero attached hydrogens (tertiary/aromatic N) is 2. The fraction of sp³-hybridized carbons (Fsp3) is 0.238. The van der Waals surface area contributed by atoms with Crippen molar-refractivity contribution in [2.75, 3.05) is 25.6 Å². The summed E-state index contributed by atoms with van der Waals surface area (Å²) in [6.07, 6.45) is 0.800. The smallest absolute Gasteiger partial charge is 0.232 e. The van der Waals surface area contributed by atoms with Crippen molar-refractivity contribution in [1.29, 1.82) is 5.26 Å². The van der Waals surface area contributed by atoms with Gasteiger partial charge in [0.25, 0.3) is 0 Å². The van der Waals surface area contributed by atoms with Gasteiger partial charge >= 0.3 is 0 Å². The molecule has 1 heterocycles. The molecule has 6 nitrogen and oxygen atoms in total. The summed E-state index contributed by atoms with van der Waals surface area (Å²) in [5, 5.41) is 13.0. The SMILES string of the molecule is COCCCNc1oc(-c2ccc(OCc3ccccc3Cl)cc2)nc1C#N. The lowest BCUT2D eigenvalue weighted by atomic mass is 10.2. The lowest BCUT2D eigenvalue weighted by Crippen LogP contribution is -2.04. The molecule has 144 valence electrons. The van der Waals surface area contributed by atoms with Crippen LogP contribution < -0.4 is 10.1 Å². The topological polar surface area (TPSA) is 80.3 Å². The molecule has 1 aromatic heterocycles. The highest BCUT2D eigenvalue weighted by Crippen LogP contribution is 2.27. The van der Waals surface area contributed by atoms with Crippen LogP contribution in [0, 0.1) is 11.3 Å². The fourth-order valence-electron chi connectivity index (χ4n) is 2.53. The van der Waals surface area contributed by atoms with Gasteiger partial charge in [-0.2, -0.15) is 10.2 Å². The van der Waals surface area contributed by atoms with Crippen molar-refractivity contribution in [3.8, 4) is 23.3 Å². The zero-order valence-corrected chi connectivity index (χ0v) is 16.2. The second-order valence-electron chi connectivity index (χ2n) is 5.99. The molecule has 0 radical (unpaired) electrons. The highest BCUT2D eigenvalue weighted by atomic mass is 35.5. The Morgan fingerprint density at radius 3 is 2.68 bits per heavy atom. The number of ether oxygens (including phenoxy) is 2. The molecule has 3 aromatic rings. The number of nitrogens with one attached hydrogen (secondary N) is 1. The van der Waals surface area contributed by atoms with Crippen LogP contribution in [0.2, 0.25) is 5.02 Å². The number of hydrogen-bond acceptors (Lipinski definition) is 6. The molecule has 0 amide bonds. The average molecular weight is 398 g/mol. The number of rotatable bonds is 9. The van der Waals surface area contributed by atoms with Crippen LogP contribution in [-0.4, -0.2) is 25.2 Å². The van der Waals surface area contributed by atoms with E-state index in [4.69, 9.17) is 25.5 Å². The lowest BCUT2D eigenvalue weighted by molar-refractivity contribution is 0.197. The molecule has 0 bridgehead atoms. The monoisotopic (exact) mass is 397 g/mol. The van der Waals surface area contributed by atoms with Crippen LogP contribution in [0.5, 0.6) is 5.75 Å². The first-order chi connectivity index (χ1) is 13.7. The molecule has 0 saturated carbocycles. The Kier molecular flexibility index (Phi) is 6.90. The summed E-state index contributed by atoms with van der Waals surface area (Å²) in [4.78, 5) is 4.25. The summed E-state index contributed by atoms with van der Waals surface area (Å²) in [5.74, 6) is 1.45. The second kappa shape index (κ2) is 9.79. The van der Waals surface area contributed by atoms with Crippen molar-refractivity contribution in [1.82, 2.24) is 4.98 Å². The Balaban J connectivity index is 1.65. The second-order valence-corrected chi connectivity index (χ2v) is 6.39. The maximum Gasteiger partial charge on any atom is 0.232 e. The predicted molar refractivity (Wildman–Crippen MR) is 107 cm³/mol. The van der Waals surface area contributed by atoms with Gasteiger partial charge in [0, 0.05) is 36.4 Å². The summed E-state index contributed by atoms with van der Waals surface area (Å²) in [6, 6.07) is 16.9. The minimum Gasteiger partial charge on any atom is -0.489 e. The van der Waals surface area contributed by atoms with Crippen LogP contribution >= 0.6 is 11.6 Å². The molecule has 0 aliphatic heterocycles. The molecule has 0 aliphatic rings. The number of nitriles is 1. The molecule has 28 heavy (non-hydrogen) atoms. The molecule has 3 rings (SSSR count). The molecular weight excluding hydrogens is 378 g/mol. The van der Waals surface area contributed by atoms with Gasteiger partial charge in [0.15, 0.2) is 0 Å². The molecule has 0 spiro atoms. The first kappa shape index (κ1) is 19.7. The summed E-state index contributed by atoms with van der Waals surface area (Å²) >= 11 is 6.14. The highest BCUT2D eigenvalue weighted by Gasteiger charge is 2.14.